The highest BCUT2D eigenvalue weighted by molar-refractivity contribution is 5.91. The highest BCUT2D eigenvalue weighted by Gasteiger charge is 2.28. The molecule has 0 spiro atoms. The van der Waals surface area contributed by atoms with E-state index in [1.807, 2.05) is 26.0 Å². The summed E-state index contributed by atoms with van der Waals surface area (Å²) in [5, 5.41) is 0.711. The summed E-state index contributed by atoms with van der Waals surface area (Å²) in [5.41, 5.74) is 0.133. The number of fused-ring (bicyclic) bond motifs is 3. The normalized spacial score (nSPS) is 14.5. The number of hydrogen-bond acceptors (Lipinski definition) is 5. The maximum atomic E-state index is 12.3. The van der Waals surface area contributed by atoms with Crippen LogP contribution in [-0.2, 0) is 4.79 Å². The number of amides is 1. The Kier molecular flexibility index (Phi) is 5.26. The first kappa shape index (κ1) is 19.0. The van der Waals surface area contributed by atoms with Crippen LogP contribution in [0.2, 0.25) is 0 Å². The smallest absolute Gasteiger partial charge is 0.336 e. The zero-order valence-corrected chi connectivity index (χ0v) is 16.2. The summed E-state index contributed by atoms with van der Waals surface area (Å²) in [6.45, 7) is 6.55. The van der Waals surface area contributed by atoms with Crippen molar-refractivity contribution in [3.05, 3.63) is 40.3 Å². The maximum Gasteiger partial charge on any atom is 0.336 e. The Bertz CT molecular complexity index is 941. The van der Waals surface area contributed by atoms with E-state index in [9.17, 15) is 9.59 Å². The summed E-state index contributed by atoms with van der Waals surface area (Å²) in [6, 6.07) is 4.78. The van der Waals surface area contributed by atoms with E-state index in [4.69, 9.17) is 13.9 Å². The number of unbranched alkanes of at least 4 members (excludes halogenated alkanes) is 1. The van der Waals surface area contributed by atoms with Gasteiger partial charge in [-0.15, -0.1) is 0 Å². The highest BCUT2D eigenvalue weighted by Crippen LogP contribution is 2.43. The summed E-state index contributed by atoms with van der Waals surface area (Å²) in [5.74, 6) is 0.844. The van der Waals surface area contributed by atoms with Gasteiger partial charge in [0.05, 0.1) is 5.56 Å². The minimum Gasteiger partial charge on any atom is -0.480 e. The number of nitrogens with zero attached hydrogens (tertiary/aromatic N) is 1. The van der Waals surface area contributed by atoms with E-state index in [0.717, 1.165) is 12.8 Å². The van der Waals surface area contributed by atoms with Gasteiger partial charge in [-0.3, -0.25) is 4.79 Å². The van der Waals surface area contributed by atoms with Crippen LogP contribution in [-0.4, -0.2) is 36.6 Å². The van der Waals surface area contributed by atoms with Gasteiger partial charge in [-0.1, -0.05) is 13.3 Å². The minimum absolute atomic E-state index is 0.0809. The lowest BCUT2D eigenvalue weighted by Gasteiger charge is -2.29. The number of ether oxygens (including phenoxy) is 2. The van der Waals surface area contributed by atoms with Crippen molar-refractivity contribution in [1.29, 1.82) is 0 Å². The minimum atomic E-state index is -0.532. The van der Waals surface area contributed by atoms with Gasteiger partial charge in [0.25, 0.3) is 5.91 Å². The van der Waals surface area contributed by atoms with Gasteiger partial charge in [0, 0.05) is 25.0 Å². The molecule has 2 aromatic rings. The summed E-state index contributed by atoms with van der Waals surface area (Å²) in [7, 11) is 1.77. The number of likely N-dealkylation sites (N-methyl/N-ethyl adjacent to an activating group) is 1. The van der Waals surface area contributed by atoms with Gasteiger partial charge in [0.15, 0.2) is 18.1 Å². The van der Waals surface area contributed by atoms with Gasteiger partial charge in [0.2, 0.25) is 0 Å². The second-order valence-electron chi connectivity index (χ2n) is 7.29. The summed E-state index contributed by atoms with van der Waals surface area (Å²) >= 11 is 0. The van der Waals surface area contributed by atoms with Crippen LogP contribution in [0.15, 0.2) is 33.5 Å². The van der Waals surface area contributed by atoms with E-state index in [1.54, 1.807) is 24.1 Å². The largest absolute Gasteiger partial charge is 0.480 e. The van der Waals surface area contributed by atoms with Crippen molar-refractivity contribution < 1.29 is 18.7 Å². The van der Waals surface area contributed by atoms with Crippen LogP contribution in [0.5, 0.6) is 11.5 Å². The molecule has 1 aliphatic heterocycles. The Labute approximate surface area is 158 Å². The molecule has 6 heteroatoms. The molecule has 0 bridgehead atoms. The molecule has 0 unspecified atom stereocenters. The van der Waals surface area contributed by atoms with E-state index in [-0.39, 0.29) is 12.5 Å². The molecule has 1 aromatic carbocycles. The fourth-order valence-electron chi connectivity index (χ4n) is 2.91. The maximum absolute atomic E-state index is 12.3. The predicted octanol–water partition coefficient (Wildman–Crippen LogP) is 3.61. The zero-order chi connectivity index (χ0) is 19.6. The lowest BCUT2D eigenvalue weighted by Crippen LogP contribution is -2.32. The number of hydrogen-bond donors (Lipinski definition) is 0. The van der Waals surface area contributed by atoms with E-state index >= 15 is 0 Å². The lowest BCUT2D eigenvalue weighted by molar-refractivity contribution is -0.132. The average molecular weight is 371 g/mol. The van der Waals surface area contributed by atoms with Crippen molar-refractivity contribution in [1.82, 2.24) is 4.90 Å². The van der Waals surface area contributed by atoms with E-state index in [0.29, 0.717) is 34.6 Å². The van der Waals surface area contributed by atoms with Crippen molar-refractivity contribution >= 4 is 23.0 Å². The molecule has 2 heterocycles. The molecule has 144 valence electrons. The van der Waals surface area contributed by atoms with Crippen molar-refractivity contribution in [2.45, 2.75) is 39.2 Å². The Morgan fingerprint density at radius 2 is 2.07 bits per heavy atom. The molecule has 0 saturated heterocycles. The highest BCUT2D eigenvalue weighted by atomic mass is 16.5. The molecule has 1 amide bonds. The van der Waals surface area contributed by atoms with Crippen molar-refractivity contribution in [2.75, 3.05) is 20.2 Å². The van der Waals surface area contributed by atoms with Crippen LogP contribution in [0.4, 0.5) is 0 Å². The third-order valence-electron chi connectivity index (χ3n) is 4.50. The van der Waals surface area contributed by atoms with Crippen LogP contribution >= 0.6 is 0 Å². The second kappa shape index (κ2) is 7.47. The molecule has 0 atom stereocenters. The van der Waals surface area contributed by atoms with Crippen LogP contribution in [0.25, 0.3) is 17.0 Å². The van der Waals surface area contributed by atoms with Crippen molar-refractivity contribution in [3.63, 3.8) is 0 Å². The molecule has 3 rings (SSSR count). The van der Waals surface area contributed by atoms with E-state index in [1.165, 1.54) is 6.07 Å². The molecule has 6 nitrogen and oxygen atoms in total. The summed E-state index contributed by atoms with van der Waals surface area (Å²) < 4.78 is 17.3. The molecule has 1 aromatic heterocycles. The van der Waals surface area contributed by atoms with Crippen LogP contribution in [0.3, 0.4) is 0 Å². The Hall–Kier alpha value is -2.76. The van der Waals surface area contributed by atoms with Gasteiger partial charge >= 0.3 is 5.63 Å². The number of rotatable bonds is 6. The lowest BCUT2D eigenvalue weighted by atomic mass is 10.00. The van der Waals surface area contributed by atoms with E-state index in [2.05, 4.69) is 6.92 Å². The van der Waals surface area contributed by atoms with Gasteiger partial charge in [0.1, 0.15) is 11.2 Å². The van der Waals surface area contributed by atoms with Crippen molar-refractivity contribution in [3.8, 4) is 11.5 Å². The van der Waals surface area contributed by atoms with Gasteiger partial charge in [-0.25, -0.2) is 4.79 Å². The van der Waals surface area contributed by atoms with Crippen LogP contribution in [0.1, 0.15) is 39.2 Å². The molecule has 27 heavy (non-hydrogen) atoms. The Balaban J connectivity index is 1.94. The number of carbonyl (C=O) groups excluding carboxylic acids is 1. The Morgan fingerprint density at radius 3 is 2.81 bits per heavy atom. The third kappa shape index (κ3) is 4.15. The Morgan fingerprint density at radius 1 is 1.30 bits per heavy atom. The quantitative estimate of drug-likeness (QED) is 0.726. The summed E-state index contributed by atoms with van der Waals surface area (Å²) in [6.07, 6.45) is 5.74. The SMILES string of the molecule is CCCCN(C)C(=O)COc1cc2ccc(=O)oc2c2c1OC(C)(C)C=C2. The van der Waals surface area contributed by atoms with Crippen molar-refractivity contribution in [2.24, 2.45) is 0 Å². The van der Waals surface area contributed by atoms with Gasteiger partial charge in [-0.2, -0.15) is 0 Å². The fourth-order valence-corrected chi connectivity index (χ4v) is 2.91. The molecule has 0 radical (unpaired) electrons. The zero-order valence-electron chi connectivity index (χ0n) is 16.2. The molecule has 0 N–H and O–H groups in total. The average Bonchev–Trinajstić information content (AvgIpc) is 2.63. The molecule has 0 saturated carbocycles. The molecule has 0 aliphatic carbocycles. The monoisotopic (exact) mass is 371 g/mol. The first-order chi connectivity index (χ1) is 12.8. The van der Waals surface area contributed by atoms with Gasteiger partial charge in [-0.05, 0) is 44.6 Å². The molecular formula is C21H25NO5. The summed E-state index contributed by atoms with van der Waals surface area (Å²) in [4.78, 5) is 25.6. The van der Waals surface area contributed by atoms with Crippen LogP contribution in [0, 0.1) is 0 Å². The molecule has 1 aliphatic rings. The number of benzene rings is 1. The third-order valence-corrected chi connectivity index (χ3v) is 4.50. The fraction of sp³-hybridized carbons (Fsp3) is 0.429. The second-order valence-corrected chi connectivity index (χ2v) is 7.29. The molecule has 0 fully saturated rings. The van der Waals surface area contributed by atoms with Gasteiger partial charge < -0.3 is 18.8 Å². The number of carbonyl (C=O) groups is 1. The topological polar surface area (TPSA) is 69.0 Å². The van der Waals surface area contributed by atoms with Crippen LogP contribution < -0.4 is 15.1 Å². The van der Waals surface area contributed by atoms with E-state index < -0.39 is 11.2 Å². The standard InChI is InChI=1S/C21H25NO5/c1-5-6-11-22(4)17(23)13-25-16-12-14-7-8-18(24)26-19(14)15-9-10-21(2,3)27-20(15)16/h7-10,12H,5-6,11,13H2,1-4H3. The predicted molar refractivity (Wildman–Crippen MR) is 104 cm³/mol. The first-order valence-corrected chi connectivity index (χ1v) is 9.16. The first-order valence-electron chi connectivity index (χ1n) is 9.16. The molecular weight excluding hydrogens is 346 g/mol.